The number of aromatic nitrogens is 2. The Labute approximate surface area is 95.8 Å². The second-order valence-corrected chi connectivity index (χ2v) is 3.99. The Morgan fingerprint density at radius 2 is 2.33 bits per heavy atom. The lowest BCUT2D eigenvalue weighted by Gasteiger charge is -2.09. The molecule has 1 heterocycles. The van der Waals surface area contributed by atoms with Gasteiger partial charge in [-0.15, -0.1) is 0 Å². The molecule has 0 saturated heterocycles. The third-order valence-corrected chi connectivity index (χ3v) is 2.79. The van der Waals surface area contributed by atoms with Crippen LogP contribution in [0, 0.1) is 11.3 Å². The highest BCUT2D eigenvalue weighted by Gasteiger charge is 2.11. The number of nitriles is 1. The van der Waals surface area contributed by atoms with Gasteiger partial charge in [0.25, 0.3) is 0 Å². The van der Waals surface area contributed by atoms with Crippen LogP contribution in [0.5, 0.6) is 0 Å². The molecule has 0 bridgehead atoms. The molecule has 2 rings (SSSR count). The summed E-state index contributed by atoms with van der Waals surface area (Å²) >= 11 is 7.16. The first kappa shape index (κ1) is 10.1. The summed E-state index contributed by atoms with van der Waals surface area (Å²) in [6.07, 6.45) is 0. The Morgan fingerprint density at radius 3 is 3.07 bits per heavy atom. The molecule has 0 saturated carbocycles. The highest BCUT2D eigenvalue weighted by molar-refractivity contribution is 7.00. The van der Waals surface area contributed by atoms with E-state index in [2.05, 4.69) is 20.1 Å². The fourth-order valence-corrected chi connectivity index (χ4v) is 1.96. The Kier molecular flexibility index (Phi) is 2.71. The molecule has 2 aromatic rings. The molecule has 0 aliphatic heterocycles. The van der Waals surface area contributed by atoms with Crippen LogP contribution in [-0.4, -0.2) is 14.8 Å². The van der Waals surface area contributed by atoms with Crippen molar-refractivity contribution in [3.63, 3.8) is 0 Å². The summed E-state index contributed by atoms with van der Waals surface area (Å²) < 4.78 is 8.24. The summed E-state index contributed by atoms with van der Waals surface area (Å²) in [4.78, 5) is 0. The number of nitrogens with one attached hydrogen (secondary N) is 1. The van der Waals surface area contributed by atoms with Crippen LogP contribution in [0.25, 0.3) is 11.0 Å². The van der Waals surface area contributed by atoms with Crippen molar-refractivity contribution in [3.8, 4) is 6.07 Å². The number of nitrogens with zero attached hydrogens (tertiary/aromatic N) is 3. The van der Waals surface area contributed by atoms with Gasteiger partial charge >= 0.3 is 0 Å². The summed E-state index contributed by atoms with van der Waals surface area (Å²) in [5, 5.41) is 12.3. The molecule has 0 fully saturated rings. The van der Waals surface area contributed by atoms with Gasteiger partial charge in [-0.25, -0.2) is 0 Å². The molecule has 0 aliphatic rings. The van der Waals surface area contributed by atoms with E-state index < -0.39 is 0 Å². The van der Waals surface area contributed by atoms with E-state index in [0.29, 0.717) is 10.7 Å². The summed E-state index contributed by atoms with van der Waals surface area (Å²) in [6, 6.07) is 5.33. The van der Waals surface area contributed by atoms with Crippen LogP contribution in [-0.2, 0) is 0 Å². The van der Waals surface area contributed by atoms with E-state index in [1.807, 2.05) is 6.07 Å². The molecule has 0 spiro atoms. The summed E-state index contributed by atoms with van der Waals surface area (Å²) in [5.74, 6) is 0. The SMILES string of the molecule is CC(C#N)Nc1c(Cl)ccc2nsnc12. The van der Waals surface area contributed by atoms with Crippen molar-refractivity contribution >= 4 is 40.0 Å². The molecule has 1 N–H and O–H groups in total. The number of benzene rings is 1. The average Bonchev–Trinajstić information content (AvgIpc) is 2.70. The van der Waals surface area contributed by atoms with E-state index in [9.17, 15) is 0 Å². The van der Waals surface area contributed by atoms with Crippen LogP contribution in [0.1, 0.15) is 6.92 Å². The standard InChI is InChI=1S/C9H7ClN4S/c1-5(4-11)12-8-6(10)2-3-7-9(8)14-15-13-7/h2-3,5,12H,1H3. The molecule has 4 nitrogen and oxygen atoms in total. The van der Waals surface area contributed by atoms with Gasteiger partial charge in [0.1, 0.15) is 17.1 Å². The van der Waals surface area contributed by atoms with Crippen molar-refractivity contribution in [2.75, 3.05) is 5.32 Å². The van der Waals surface area contributed by atoms with Gasteiger partial charge in [-0.3, -0.25) is 0 Å². The zero-order valence-corrected chi connectivity index (χ0v) is 9.43. The normalized spacial score (nSPS) is 12.3. The maximum atomic E-state index is 8.72. The number of rotatable bonds is 2. The molecule has 15 heavy (non-hydrogen) atoms. The molecule has 0 amide bonds. The second kappa shape index (κ2) is 4.01. The molecular weight excluding hydrogens is 232 g/mol. The fourth-order valence-electron chi connectivity index (χ4n) is 1.21. The van der Waals surface area contributed by atoms with Crippen LogP contribution < -0.4 is 5.32 Å². The predicted octanol–water partition coefficient (Wildman–Crippen LogP) is 2.67. The maximum Gasteiger partial charge on any atom is 0.129 e. The van der Waals surface area contributed by atoms with E-state index in [1.54, 1.807) is 13.0 Å². The van der Waals surface area contributed by atoms with Crippen LogP contribution >= 0.6 is 23.3 Å². The Morgan fingerprint density at radius 1 is 1.53 bits per heavy atom. The van der Waals surface area contributed by atoms with Gasteiger partial charge in [0.15, 0.2) is 0 Å². The van der Waals surface area contributed by atoms with Crippen molar-refractivity contribution < 1.29 is 0 Å². The number of fused-ring (bicyclic) bond motifs is 1. The lowest BCUT2D eigenvalue weighted by molar-refractivity contribution is 1.01. The van der Waals surface area contributed by atoms with Crippen LogP contribution in [0.15, 0.2) is 12.1 Å². The smallest absolute Gasteiger partial charge is 0.129 e. The Bertz CT molecular complexity index is 530. The highest BCUT2D eigenvalue weighted by Crippen LogP contribution is 2.30. The topological polar surface area (TPSA) is 61.6 Å². The molecule has 0 aliphatic carbocycles. The van der Waals surface area contributed by atoms with E-state index >= 15 is 0 Å². The van der Waals surface area contributed by atoms with Gasteiger partial charge < -0.3 is 5.32 Å². The van der Waals surface area contributed by atoms with Crippen molar-refractivity contribution in [1.82, 2.24) is 8.75 Å². The van der Waals surface area contributed by atoms with Crippen molar-refractivity contribution in [3.05, 3.63) is 17.2 Å². The van der Waals surface area contributed by atoms with E-state index in [1.165, 1.54) is 0 Å². The van der Waals surface area contributed by atoms with Gasteiger partial charge in [0.2, 0.25) is 0 Å². The van der Waals surface area contributed by atoms with Crippen LogP contribution in [0.3, 0.4) is 0 Å². The van der Waals surface area contributed by atoms with E-state index in [-0.39, 0.29) is 6.04 Å². The summed E-state index contributed by atoms with van der Waals surface area (Å²) in [7, 11) is 0. The number of halogens is 1. The second-order valence-electron chi connectivity index (χ2n) is 3.05. The highest BCUT2D eigenvalue weighted by atomic mass is 35.5. The van der Waals surface area contributed by atoms with Crippen molar-refractivity contribution in [2.45, 2.75) is 13.0 Å². The molecule has 1 atom stereocenters. The lowest BCUT2D eigenvalue weighted by atomic mass is 10.2. The minimum Gasteiger partial charge on any atom is -0.367 e. The lowest BCUT2D eigenvalue weighted by Crippen LogP contribution is -2.12. The minimum absolute atomic E-state index is 0.310. The van der Waals surface area contributed by atoms with E-state index in [4.69, 9.17) is 16.9 Å². The van der Waals surface area contributed by atoms with Crippen LogP contribution in [0.4, 0.5) is 5.69 Å². The monoisotopic (exact) mass is 238 g/mol. The van der Waals surface area contributed by atoms with Crippen molar-refractivity contribution in [2.24, 2.45) is 0 Å². The van der Waals surface area contributed by atoms with Gasteiger partial charge in [0, 0.05) is 0 Å². The van der Waals surface area contributed by atoms with Crippen LogP contribution in [0.2, 0.25) is 5.02 Å². The molecule has 6 heteroatoms. The van der Waals surface area contributed by atoms with Gasteiger partial charge in [0.05, 0.1) is 28.5 Å². The average molecular weight is 239 g/mol. The summed E-state index contributed by atoms with van der Waals surface area (Å²) in [6.45, 7) is 1.76. The maximum absolute atomic E-state index is 8.72. The molecule has 1 aromatic carbocycles. The first-order chi connectivity index (χ1) is 7.22. The Hall–Kier alpha value is -1.38. The third kappa shape index (κ3) is 1.87. The molecular formula is C9H7ClN4S. The predicted molar refractivity (Wildman–Crippen MR) is 61.1 cm³/mol. The number of anilines is 1. The molecule has 76 valence electrons. The fraction of sp³-hybridized carbons (Fsp3) is 0.222. The largest absolute Gasteiger partial charge is 0.367 e. The van der Waals surface area contributed by atoms with Crippen molar-refractivity contribution in [1.29, 1.82) is 5.26 Å². The van der Waals surface area contributed by atoms with E-state index in [0.717, 1.165) is 22.8 Å². The minimum atomic E-state index is -0.310. The first-order valence-corrected chi connectivity index (χ1v) is 5.40. The quantitative estimate of drug-likeness (QED) is 0.874. The van der Waals surface area contributed by atoms with Gasteiger partial charge in [-0.1, -0.05) is 11.6 Å². The number of hydrogen-bond acceptors (Lipinski definition) is 5. The molecule has 1 aromatic heterocycles. The van der Waals surface area contributed by atoms with Gasteiger partial charge in [-0.05, 0) is 19.1 Å². The third-order valence-electron chi connectivity index (χ3n) is 1.93. The molecule has 0 radical (unpaired) electrons. The summed E-state index contributed by atoms with van der Waals surface area (Å²) in [5.41, 5.74) is 2.18. The Balaban J connectivity index is 2.52. The zero-order chi connectivity index (χ0) is 10.8. The number of hydrogen-bond donors (Lipinski definition) is 1. The van der Waals surface area contributed by atoms with Gasteiger partial charge in [-0.2, -0.15) is 14.0 Å². The first-order valence-electron chi connectivity index (χ1n) is 4.29. The zero-order valence-electron chi connectivity index (χ0n) is 7.86. The molecule has 1 unspecified atom stereocenters.